The summed E-state index contributed by atoms with van der Waals surface area (Å²) in [4.78, 5) is 26.5. The number of nitrogens with zero attached hydrogens (tertiary/aromatic N) is 3. The molecule has 0 radical (unpaired) electrons. The molecule has 1 aliphatic rings. The van der Waals surface area contributed by atoms with Gasteiger partial charge in [0.25, 0.3) is 11.5 Å². The van der Waals surface area contributed by atoms with E-state index >= 15 is 0 Å². The molecular formula is C17H19FN4O2. The number of carbonyl (C=O) groups is 1. The first-order chi connectivity index (χ1) is 11.4. The summed E-state index contributed by atoms with van der Waals surface area (Å²) in [7, 11) is 0. The number of nitrogens with one attached hydrogen (secondary N) is 1. The molecule has 24 heavy (non-hydrogen) atoms. The average molecular weight is 330 g/mol. The maximum Gasteiger partial charge on any atom is 0.274 e. The SMILES string of the molecule is CC1CN(C(=O)c2ccc(=O)n(-c3ccc(F)cc3)n2)CC(C)N1. The van der Waals surface area contributed by atoms with Gasteiger partial charge in [0, 0.05) is 31.2 Å². The van der Waals surface area contributed by atoms with Crippen molar-refractivity contribution in [3.8, 4) is 5.69 Å². The largest absolute Gasteiger partial charge is 0.334 e. The summed E-state index contributed by atoms with van der Waals surface area (Å²) in [6, 6.07) is 8.52. The number of amides is 1. The van der Waals surface area contributed by atoms with E-state index < -0.39 is 5.82 Å². The summed E-state index contributed by atoms with van der Waals surface area (Å²) in [6.45, 7) is 5.20. The van der Waals surface area contributed by atoms with Gasteiger partial charge in [-0.1, -0.05) is 0 Å². The van der Waals surface area contributed by atoms with E-state index in [-0.39, 0.29) is 29.2 Å². The third-order valence-corrected chi connectivity index (χ3v) is 3.94. The highest BCUT2D eigenvalue weighted by Gasteiger charge is 2.26. The molecule has 1 aromatic carbocycles. The van der Waals surface area contributed by atoms with Crippen LogP contribution in [0.25, 0.3) is 5.69 Å². The van der Waals surface area contributed by atoms with Gasteiger partial charge in [0.05, 0.1) is 5.69 Å². The van der Waals surface area contributed by atoms with Gasteiger partial charge in [-0.2, -0.15) is 9.78 Å². The van der Waals surface area contributed by atoms with Gasteiger partial charge in [0.2, 0.25) is 0 Å². The van der Waals surface area contributed by atoms with Crippen LogP contribution in [0.3, 0.4) is 0 Å². The van der Waals surface area contributed by atoms with Crippen LogP contribution in [0.15, 0.2) is 41.2 Å². The lowest BCUT2D eigenvalue weighted by atomic mass is 10.1. The summed E-state index contributed by atoms with van der Waals surface area (Å²) >= 11 is 0. The molecule has 0 spiro atoms. The van der Waals surface area contributed by atoms with Crippen molar-refractivity contribution >= 4 is 5.91 Å². The van der Waals surface area contributed by atoms with E-state index in [9.17, 15) is 14.0 Å². The summed E-state index contributed by atoms with van der Waals surface area (Å²) in [5, 5.41) is 7.53. The Balaban J connectivity index is 1.92. The van der Waals surface area contributed by atoms with Gasteiger partial charge in [0.1, 0.15) is 11.5 Å². The van der Waals surface area contributed by atoms with Crippen LogP contribution in [-0.4, -0.2) is 45.8 Å². The van der Waals surface area contributed by atoms with E-state index in [4.69, 9.17) is 0 Å². The minimum absolute atomic E-state index is 0.195. The first kappa shape index (κ1) is 16.3. The van der Waals surface area contributed by atoms with Crippen molar-refractivity contribution in [3.05, 3.63) is 58.3 Å². The van der Waals surface area contributed by atoms with Gasteiger partial charge in [-0.3, -0.25) is 9.59 Å². The molecule has 2 heterocycles. The number of halogens is 1. The second-order valence-electron chi connectivity index (χ2n) is 6.12. The zero-order chi connectivity index (χ0) is 17.3. The molecule has 2 aromatic rings. The predicted octanol–water partition coefficient (Wildman–Crippen LogP) is 1.19. The smallest absolute Gasteiger partial charge is 0.274 e. The number of hydrogen-bond acceptors (Lipinski definition) is 4. The lowest BCUT2D eigenvalue weighted by molar-refractivity contribution is 0.0665. The second-order valence-corrected chi connectivity index (χ2v) is 6.12. The molecule has 7 heteroatoms. The Morgan fingerprint density at radius 3 is 2.38 bits per heavy atom. The van der Waals surface area contributed by atoms with Crippen molar-refractivity contribution in [2.45, 2.75) is 25.9 Å². The molecule has 1 saturated heterocycles. The summed E-state index contributed by atoms with van der Waals surface area (Å²) < 4.78 is 14.2. The Bertz CT molecular complexity index is 793. The van der Waals surface area contributed by atoms with Crippen molar-refractivity contribution in [3.63, 3.8) is 0 Å². The highest BCUT2D eigenvalue weighted by molar-refractivity contribution is 5.92. The van der Waals surface area contributed by atoms with Crippen LogP contribution >= 0.6 is 0 Å². The van der Waals surface area contributed by atoms with Crippen molar-refractivity contribution in [1.29, 1.82) is 0 Å². The number of hydrogen-bond donors (Lipinski definition) is 1. The highest BCUT2D eigenvalue weighted by atomic mass is 19.1. The second kappa shape index (κ2) is 6.52. The van der Waals surface area contributed by atoms with Crippen LogP contribution in [0.1, 0.15) is 24.3 Å². The minimum Gasteiger partial charge on any atom is -0.334 e. The zero-order valence-corrected chi connectivity index (χ0v) is 13.6. The molecule has 1 N–H and O–H groups in total. The maximum absolute atomic E-state index is 13.1. The summed E-state index contributed by atoms with van der Waals surface area (Å²) in [5.41, 5.74) is 0.235. The third kappa shape index (κ3) is 3.35. The molecule has 6 nitrogen and oxygen atoms in total. The maximum atomic E-state index is 13.1. The molecule has 2 atom stereocenters. The van der Waals surface area contributed by atoms with Gasteiger partial charge in [-0.15, -0.1) is 0 Å². The van der Waals surface area contributed by atoms with Crippen molar-refractivity contribution < 1.29 is 9.18 Å². The molecule has 0 aliphatic carbocycles. The lowest BCUT2D eigenvalue weighted by Gasteiger charge is -2.35. The number of piperazine rings is 1. The minimum atomic E-state index is -0.400. The summed E-state index contributed by atoms with van der Waals surface area (Å²) in [6.07, 6.45) is 0. The van der Waals surface area contributed by atoms with E-state index in [1.165, 1.54) is 36.4 Å². The Kier molecular flexibility index (Phi) is 4.44. The Morgan fingerprint density at radius 2 is 1.75 bits per heavy atom. The summed E-state index contributed by atoms with van der Waals surface area (Å²) in [5.74, 6) is -0.617. The van der Waals surface area contributed by atoms with E-state index in [0.717, 1.165) is 4.68 Å². The Hall–Kier alpha value is -2.54. The molecule has 0 bridgehead atoms. The Morgan fingerprint density at radius 1 is 1.12 bits per heavy atom. The fraction of sp³-hybridized carbons (Fsp3) is 0.353. The zero-order valence-electron chi connectivity index (χ0n) is 13.6. The predicted molar refractivity (Wildman–Crippen MR) is 87.8 cm³/mol. The molecule has 0 saturated carbocycles. The van der Waals surface area contributed by atoms with Crippen molar-refractivity contribution in [2.24, 2.45) is 0 Å². The standard InChI is InChI=1S/C17H19FN4O2/c1-11-9-21(10-12(2)19-11)17(24)15-7-8-16(23)22(20-15)14-5-3-13(18)4-6-14/h3-8,11-12,19H,9-10H2,1-2H3. The topological polar surface area (TPSA) is 67.2 Å². The van der Waals surface area contributed by atoms with Crippen LogP contribution in [0.2, 0.25) is 0 Å². The Labute approximate surface area is 138 Å². The molecule has 2 unspecified atom stereocenters. The van der Waals surface area contributed by atoms with E-state index in [2.05, 4.69) is 10.4 Å². The number of carbonyl (C=O) groups excluding carboxylic acids is 1. The highest BCUT2D eigenvalue weighted by Crippen LogP contribution is 2.10. The molecule has 3 rings (SSSR count). The normalized spacial score (nSPS) is 20.9. The molecule has 1 amide bonds. The van der Waals surface area contributed by atoms with Crippen LogP contribution in [0, 0.1) is 5.82 Å². The average Bonchev–Trinajstić information content (AvgIpc) is 2.55. The van der Waals surface area contributed by atoms with Crippen LogP contribution in [-0.2, 0) is 0 Å². The first-order valence-electron chi connectivity index (χ1n) is 7.85. The van der Waals surface area contributed by atoms with Gasteiger partial charge >= 0.3 is 0 Å². The molecule has 1 aromatic heterocycles. The number of benzene rings is 1. The molecule has 1 fully saturated rings. The third-order valence-electron chi connectivity index (χ3n) is 3.94. The van der Waals surface area contributed by atoms with Crippen LogP contribution < -0.4 is 10.9 Å². The fourth-order valence-corrected chi connectivity index (χ4v) is 2.95. The lowest BCUT2D eigenvalue weighted by Crippen LogP contribution is -2.56. The molecule has 126 valence electrons. The van der Waals surface area contributed by atoms with Crippen LogP contribution in [0.4, 0.5) is 4.39 Å². The van der Waals surface area contributed by atoms with Gasteiger partial charge in [0.15, 0.2) is 0 Å². The van der Waals surface area contributed by atoms with Crippen LogP contribution in [0.5, 0.6) is 0 Å². The van der Waals surface area contributed by atoms with Crippen molar-refractivity contribution in [1.82, 2.24) is 20.0 Å². The van der Waals surface area contributed by atoms with E-state index in [1.54, 1.807) is 4.90 Å². The number of aromatic nitrogens is 2. The van der Waals surface area contributed by atoms with Gasteiger partial charge in [-0.25, -0.2) is 4.39 Å². The van der Waals surface area contributed by atoms with Gasteiger partial charge < -0.3 is 10.2 Å². The molecule has 1 aliphatic heterocycles. The quantitative estimate of drug-likeness (QED) is 0.898. The van der Waals surface area contributed by atoms with Crippen molar-refractivity contribution in [2.75, 3.05) is 13.1 Å². The fourth-order valence-electron chi connectivity index (χ4n) is 2.95. The van der Waals surface area contributed by atoms with E-state index in [0.29, 0.717) is 18.8 Å². The monoisotopic (exact) mass is 330 g/mol. The van der Waals surface area contributed by atoms with E-state index in [1.807, 2.05) is 13.8 Å². The van der Waals surface area contributed by atoms with Gasteiger partial charge in [-0.05, 0) is 44.2 Å². The first-order valence-corrected chi connectivity index (χ1v) is 7.85. The molecular weight excluding hydrogens is 311 g/mol. The number of rotatable bonds is 2.